The highest BCUT2D eigenvalue weighted by molar-refractivity contribution is 5.97. The van der Waals surface area contributed by atoms with Crippen LogP contribution in [-0.4, -0.2) is 37.5 Å². The highest BCUT2D eigenvalue weighted by atomic mass is 19.1. The van der Waals surface area contributed by atoms with Crippen molar-refractivity contribution in [3.8, 4) is 5.69 Å². The minimum Gasteiger partial charge on any atom is -0.391 e. The lowest BCUT2D eigenvalue weighted by Crippen LogP contribution is -2.46. The van der Waals surface area contributed by atoms with Crippen LogP contribution in [0.2, 0.25) is 0 Å². The lowest BCUT2D eigenvalue weighted by molar-refractivity contribution is 0.0716. The van der Waals surface area contributed by atoms with E-state index in [0.717, 1.165) is 24.1 Å². The number of halogens is 1. The summed E-state index contributed by atoms with van der Waals surface area (Å²) in [6.07, 6.45) is 7.41. The summed E-state index contributed by atoms with van der Waals surface area (Å²) in [5, 5.41) is 17.4. The number of aliphatic hydroxyl groups excluding tert-OH is 1. The Kier molecular flexibility index (Phi) is 5.98. The Morgan fingerprint density at radius 1 is 1.12 bits per heavy atom. The number of nitrogens with one attached hydrogen (secondary N) is 1. The number of fused-ring (bicyclic) bond motifs is 1. The van der Waals surface area contributed by atoms with E-state index in [1.54, 1.807) is 15.4 Å². The Hall–Kier alpha value is -3.78. The predicted molar refractivity (Wildman–Crippen MR) is 127 cm³/mol. The van der Waals surface area contributed by atoms with Crippen LogP contribution in [0.5, 0.6) is 0 Å². The van der Waals surface area contributed by atoms with Gasteiger partial charge in [-0.2, -0.15) is 5.10 Å². The molecule has 7 nitrogen and oxygen atoms in total. The van der Waals surface area contributed by atoms with Crippen molar-refractivity contribution in [3.63, 3.8) is 0 Å². The summed E-state index contributed by atoms with van der Waals surface area (Å²) in [5.74, 6) is -1.08. The molecule has 1 aliphatic rings. The smallest absolute Gasteiger partial charge is 0.257 e. The number of amides is 1. The van der Waals surface area contributed by atoms with Gasteiger partial charge in [0.2, 0.25) is 5.43 Å². The van der Waals surface area contributed by atoms with Crippen molar-refractivity contribution in [2.75, 3.05) is 0 Å². The SMILES string of the molecule is O=C(NC1CCCCC1O)c1cn(Cc2ccc(-n3cccn3)cc2)c2c(F)cccc2c1=O. The van der Waals surface area contributed by atoms with Gasteiger partial charge in [-0.15, -0.1) is 0 Å². The molecule has 2 unspecified atom stereocenters. The monoisotopic (exact) mass is 460 g/mol. The van der Waals surface area contributed by atoms with E-state index in [2.05, 4.69) is 10.4 Å². The highest BCUT2D eigenvalue weighted by Crippen LogP contribution is 2.21. The number of hydrogen-bond donors (Lipinski definition) is 2. The van der Waals surface area contributed by atoms with Gasteiger partial charge in [0.15, 0.2) is 0 Å². The molecule has 1 saturated carbocycles. The molecule has 2 atom stereocenters. The average Bonchev–Trinajstić information content (AvgIpc) is 3.38. The van der Waals surface area contributed by atoms with Gasteiger partial charge in [-0.05, 0) is 48.7 Å². The number of aromatic nitrogens is 3. The number of carbonyl (C=O) groups excluding carboxylic acids is 1. The van der Waals surface area contributed by atoms with Crippen molar-refractivity contribution in [1.29, 1.82) is 0 Å². The van der Waals surface area contributed by atoms with Gasteiger partial charge in [0, 0.05) is 30.5 Å². The molecule has 8 heteroatoms. The summed E-state index contributed by atoms with van der Waals surface area (Å²) in [6.45, 7) is 0.267. The van der Waals surface area contributed by atoms with Gasteiger partial charge in [-0.1, -0.05) is 31.0 Å². The summed E-state index contributed by atoms with van der Waals surface area (Å²) < 4.78 is 18.2. The van der Waals surface area contributed by atoms with Crippen LogP contribution in [0.25, 0.3) is 16.6 Å². The number of aliphatic hydroxyl groups is 1. The van der Waals surface area contributed by atoms with E-state index in [4.69, 9.17) is 0 Å². The minimum atomic E-state index is -0.633. The fourth-order valence-corrected chi connectivity index (χ4v) is 4.60. The molecule has 2 aromatic heterocycles. The fourth-order valence-electron chi connectivity index (χ4n) is 4.60. The minimum absolute atomic E-state index is 0.0657. The Morgan fingerprint density at radius 2 is 1.91 bits per heavy atom. The number of carbonyl (C=O) groups is 1. The van der Waals surface area contributed by atoms with Crippen molar-refractivity contribution in [3.05, 3.63) is 94.3 Å². The summed E-state index contributed by atoms with van der Waals surface area (Å²) in [5.41, 5.74) is 1.32. The Labute approximate surface area is 195 Å². The topological polar surface area (TPSA) is 89.2 Å². The third-order valence-electron chi connectivity index (χ3n) is 6.40. The molecule has 0 saturated heterocycles. The maximum absolute atomic E-state index is 14.8. The predicted octanol–water partition coefficient (Wildman–Crippen LogP) is 3.41. The number of hydrogen-bond acceptors (Lipinski definition) is 4. The van der Waals surface area contributed by atoms with Gasteiger partial charge in [-0.3, -0.25) is 9.59 Å². The third-order valence-corrected chi connectivity index (χ3v) is 6.40. The normalized spacial score (nSPS) is 18.2. The molecule has 2 heterocycles. The van der Waals surface area contributed by atoms with E-state index < -0.39 is 29.3 Å². The number of benzene rings is 2. The lowest BCUT2D eigenvalue weighted by Gasteiger charge is -2.28. The summed E-state index contributed by atoms with van der Waals surface area (Å²) in [6, 6.07) is 13.4. The molecule has 174 valence electrons. The Morgan fingerprint density at radius 3 is 2.65 bits per heavy atom. The van der Waals surface area contributed by atoms with Gasteiger partial charge in [0.05, 0.1) is 23.3 Å². The maximum Gasteiger partial charge on any atom is 0.257 e. The highest BCUT2D eigenvalue weighted by Gasteiger charge is 2.26. The summed E-state index contributed by atoms with van der Waals surface area (Å²) >= 11 is 0. The quantitative estimate of drug-likeness (QED) is 0.478. The Balaban J connectivity index is 1.51. The number of para-hydroxylation sites is 1. The van der Waals surface area contributed by atoms with Crippen LogP contribution in [0.3, 0.4) is 0 Å². The standard InChI is InChI=1S/C26H25FN4O3/c27-21-6-3-5-19-24(21)30(15-17-9-11-18(12-10-17)31-14-4-13-28-31)16-20(25(19)33)26(34)29-22-7-1-2-8-23(22)32/h3-6,9-14,16,22-23,32H,1-2,7-8,15H2,(H,29,34). The molecule has 4 aromatic rings. The van der Waals surface area contributed by atoms with E-state index in [-0.39, 0.29) is 23.0 Å². The number of rotatable bonds is 5. The second-order valence-electron chi connectivity index (χ2n) is 8.68. The van der Waals surface area contributed by atoms with Crippen LogP contribution < -0.4 is 10.7 Å². The first-order chi connectivity index (χ1) is 16.5. The van der Waals surface area contributed by atoms with Crippen molar-refractivity contribution in [2.24, 2.45) is 0 Å². The van der Waals surface area contributed by atoms with Crippen molar-refractivity contribution in [1.82, 2.24) is 19.7 Å². The zero-order valence-electron chi connectivity index (χ0n) is 18.5. The van der Waals surface area contributed by atoms with Crippen LogP contribution >= 0.6 is 0 Å². The average molecular weight is 461 g/mol. The largest absolute Gasteiger partial charge is 0.391 e. The first-order valence-corrected chi connectivity index (χ1v) is 11.4. The number of nitrogens with zero attached hydrogens (tertiary/aromatic N) is 3. The first-order valence-electron chi connectivity index (χ1n) is 11.4. The van der Waals surface area contributed by atoms with Gasteiger partial charge in [0.1, 0.15) is 11.4 Å². The van der Waals surface area contributed by atoms with Crippen LogP contribution in [-0.2, 0) is 6.54 Å². The Bertz CT molecular complexity index is 1380. The van der Waals surface area contributed by atoms with Gasteiger partial charge >= 0.3 is 0 Å². The van der Waals surface area contributed by atoms with Gasteiger partial charge < -0.3 is 15.0 Å². The van der Waals surface area contributed by atoms with E-state index in [1.165, 1.54) is 24.4 Å². The zero-order chi connectivity index (χ0) is 23.7. The van der Waals surface area contributed by atoms with Gasteiger partial charge in [0.25, 0.3) is 5.91 Å². The first kappa shape index (κ1) is 22.0. The molecule has 0 radical (unpaired) electrons. The molecule has 5 rings (SSSR count). The van der Waals surface area contributed by atoms with Crippen molar-refractivity contribution in [2.45, 2.75) is 44.4 Å². The summed E-state index contributed by atoms with van der Waals surface area (Å²) in [4.78, 5) is 26.2. The lowest BCUT2D eigenvalue weighted by atomic mass is 9.92. The zero-order valence-corrected chi connectivity index (χ0v) is 18.5. The van der Waals surface area contributed by atoms with E-state index >= 15 is 0 Å². The second-order valence-corrected chi connectivity index (χ2v) is 8.68. The van der Waals surface area contributed by atoms with E-state index in [9.17, 15) is 19.1 Å². The molecule has 2 aromatic carbocycles. The molecule has 1 aliphatic carbocycles. The molecule has 1 fully saturated rings. The van der Waals surface area contributed by atoms with Crippen molar-refractivity contribution < 1.29 is 14.3 Å². The molecule has 34 heavy (non-hydrogen) atoms. The molecule has 1 amide bonds. The van der Waals surface area contributed by atoms with Crippen LogP contribution in [0.1, 0.15) is 41.6 Å². The van der Waals surface area contributed by atoms with Crippen LogP contribution in [0.4, 0.5) is 4.39 Å². The van der Waals surface area contributed by atoms with Crippen LogP contribution in [0, 0.1) is 5.82 Å². The molecule has 0 bridgehead atoms. The molecular weight excluding hydrogens is 435 g/mol. The maximum atomic E-state index is 14.8. The van der Waals surface area contributed by atoms with E-state index in [1.807, 2.05) is 36.5 Å². The van der Waals surface area contributed by atoms with Gasteiger partial charge in [-0.25, -0.2) is 9.07 Å². The number of pyridine rings is 1. The molecule has 0 spiro atoms. The molecule has 2 N–H and O–H groups in total. The fraction of sp³-hybridized carbons (Fsp3) is 0.269. The van der Waals surface area contributed by atoms with E-state index in [0.29, 0.717) is 12.8 Å². The second kappa shape index (κ2) is 9.23. The van der Waals surface area contributed by atoms with Crippen molar-refractivity contribution >= 4 is 16.8 Å². The summed E-state index contributed by atoms with van der Waals surface area (Å²) in [7, 11) is 0. The van der Waals surface area contributed by atoms with Crippen LogP contribution in [0.15, 0.2) is 71.9 Å². The third kappa shape index (κ3) is 4.24. The molecular formula is C26H25FN4O3. The molecule has 0 aliphatic heterocycles.